The largest absolute Gasteiger partial charge is 0.437 e. The minimum absolute atomic E-state index is 0.0531. The third-order valence-electron chi connectivity index (χ3n) is 3.25. The molecule has 6 heteroatoms. The van der Waals surface area contributed by atoms with Gasteiger partial charge in [0.2, 0.25) is 12.2 Å². The molecule has 0 atom stereocenters. The summed E-state index contributed by atoms with van der Waals surface area (Å²) in [6.07, 6.45) is -1.74. The molecule has 22 heavy (non-hydrogen) atoms. The quantitative estimate of drug-likeness (QED) is 0.644. The summed E-state index contributed by atoms with van der Waals surface area (Å²) in [5.41, 5.74) is 3.34. The lowest BCUT2D eigenvalue weighted by Gasteiger charge is -2.07. The highest BCUT2D eigenvalue weighted by atomic mass is 16.5. The van der Waals surface area contributed by atoms with Crippen LogP contribution in [0.1, 0.15) is 17.5 Å². The van der Waals surface area contributed by atoms with Gasteiger partial charge in [-0.3, -0.25) is 0 Å². The van der Waals surface area contributed by atoms with Gasteiger partial charge in [-0.15, -0.1) is 5.10 Å². The summed E-state index contributed by atoms with van der Waals surface area (Å²) in [5, 5.41) is 27.8. The fourth-order valence-corrected chi connectivity index (χ4v) is 2.05. The fraction of sp³-hybridized carbons (Fsp3) is 0.125. The molecule has 3 aromatic rings. The monoisotopic (exact) mass is 297 g/mol. The van der Waals surface area contributed by atoms with E-state index in [1.807, 2.05) is 19.1 Å². The van der Waals surface area contributed by atoms with E-state index in [4.69, 9.17) is 14.9 Å². The van der Waals surface area contributed by atoms with Gasteiger partial charge >= 0.3 is 0 Å². The van der Waals surface area contributed by atoms with Gasteiger partial charge in [0, 0.05) is 0 Å². The molecule has 0 radical (unpaired) electrons. The van der Waals surface area contributed by atoms with Crippen LogP contribution in [0, 0.1) is 6.92 Å². The second kappa shape index (κ2) is 5.97. The second-order valence-corrected chi connectivity index (χ2v) is 4.89. The molecule has 0 aliphatic rings. The zero-order valence-electron chi connectivity index (χ0n) is 11.9. The van der Waals surface area contributed by atoms with Gasteiger partial charge in [0.15, 0.2) is 5.69 Å². The molecule has 0 saturated heterocycles. The third-order valence-corrected chi connectivity index (χ3v) is 3.25. The van der Waals surface area contributed by atoms with Crippen molar-refractivity contribution in [1.82, 2.24) is 15.4 Å². The molecule has 0 unspecified atom stereocenters. The number of hydrogen-bond acceptors (Lipinski definition) is 5. The Labute approximate surface area is 127 Å². The van der Waals surface area contributed by atoms with E-state index in [9.17, 15) is 0 Å². The normalized spacial score (nSPS) is 10.9. The molecule has 3 rings (SSSR count). The van der Waals surface area contributed by atoms with Crippen molar-refractivity contribution in [2.75, 3.05) is 0 Å². The number of aliphatic hydroxyl groups is 2. The maximum atomic E-state index is 9.14. The molecule has 0 amide bonds. The number of aryl methyl sites for hydroxylation is 1. The first kappa shape index (κ1) is 14.2. The van der Waals surface area contributed by atoms with Crippen LogP contribution in [0.25, 0.3) is 11.1 Å². The first-order chi connectivity index (χ1) is 10.6. The van der Waals surface area contributed by atoms with Crippen LogP contribution in [0.3, 0.4) is 0 Å². The Balaban J connectivity index is 1.79. The molecule has 0 fully saturated rings. The molecule has 3 N–H and O–H groups in total. The van der Waals surface area contributed by atoms with Crippen LogP contribution in [-0.2, 0) is 0 Å². The number of nitrogens with one attached hydrogen (secondary N) is 1. The van der Waals surface area contributed by atoms with Crippen LogP contribution in [-0.4, -0.2) is 25.6 Å². The summed E-state index contributed by atoms with van der Waals surface area (Å²) < 4.78 is 5.52. The van der Waals surface area contributed by atoms with E-state index < -0.39 is 6.29 Å². The maximum Gasteiger partial charge on any atom is 0.244 e. The van der Waals surface area contributed by atoms with E-state index in [-0.39, 0.29) is 11.6 Å². The average molecular weight is 297 g/mol. The van der Waals surface area contributed by atoms with Crippen molar-refractivity contribution in [2.24, 2.45) is 0 Å². The number of nitrogens with zero attached hydrogens (tertiary/aromatic N) is 2. The highest BCUT2D eigenvalue weighted by molar-refractivity contribution is 5.64. The Kier molecular flexibility index (Phi) is 3.86. The SMILES string of the molecule is Cc1ccc(-c2ccc(Oc3[nH]nnc3C(O)O)cc2)cc1. The molecule has 0 saturated carbocycles. The van der Waals surface area contributed by atoms with E-state index in [1.165, 1.54) is 5.56 Å². The number of benzene rings is 2. The topological polar surface area (TPSA) is 91.3 Å². The number of H-pyrrole nitrogens is 1. The van der Waals surface area contributed by atoms with Crippen molar-refractivity contribution in [3.05, 3.63) is 59.8 Å². The first-order valence-corrected chi connectivity index (χ1v) is 6.75. The molecule has 0 spiro atoms. The van der Waals surface area contributed by atoms with Crippen molar-refractivity contribution in [3.63, 3.8) is 0 Å². The molecule has 0 aliphatic carbocycles. The zero-order valence-corrected chi connectivity index (χ0v) is 11.9. The number of aliphatic hydroxyl groups excluding tert-OH is 1. The highest BCUT2D eigenvalue weighted by Crippen LogP contribution is 2.27. The lowest BCUT2D eigenvalue weighted by atomic mass is 10.0. The van der Waals surface area contributed by atoms with E-state index in [2.05, 4.69) is 39.7 Å². The van der Waals surface area contributed by atoms with Gasteiger partial charge in [-0.1, -0.05) is 47.2 Å². The third kappa shape index (κ3) is 2.98. The number of hydrogen-bond donors (Lipinski definition) is 3. The smallest absolute Gasteiger partial charge is 0.244 e. The Morgan fingerprint density at radius 2 is 1.55 bits per heavy atom. The molecule has 2 aromatic carbocycles. The zero-order chi connectivity index (χ0) is 15.5. The van der Waals surface area contributed by atoms with Crippen LogP contribution >= 0.6 is 0 Å². The molecule has 6 nitrogen and oxygen atoms in total. The van der Waals surface area contributed by atoms with Crippen molar-refractivity contribution >= 4 is 0 Å². The van der Waals surface area contributed by atoms with Gasteiger partial charge in [0.1, 0.15) is 5.75 Å². The number of aromatic amines is 1. The first-order valence-electron chi connectivity index (χ1n) is 6.75. The molecule has 0 aliphatic heterocycles. The fourth-order valence-electron chi connectivity index (χ4n) is 2.05. The predicted octanol–water partition coefficient (Wildman–Crippen LogP) is 2.56. The second-order valence-electron chi connectivity index (χ2n) is 4.89. The van der Waals surface area contributed by atoms with E-state index in [0.717, 1.165) is 11.1 Å². The van der Waals surface area contributed by atoms with Gasteiger partial charge in [-0.25, -0.2) is 5.10 Å². The van der Waals surface area contributed by atoms with Crippen LogP contribution in [0.2, 0.25) is 0 Å². The van der Waals surface area contributed by atoms with Crippen molar-refractivity contribution in [3.8, 4) is 22.8 Å². The molecular weight excluding hydrogens is 282 g/mol. The van der Waals surface area contributed by atoms with E-state index in [0.29, 0.717) is 5.75 Å². The van der Waals surface area contributed by atoms with Crippen molar-refractivity contribution < 1.29 is 14.9 Å². The molecule has 0 bridgehead atoms. The number of ether oxygens (including phenoxy) is 1. The lowest BCUT2D eigenvalue weighted by Crippen LogP contribution is -1.98. The summed E-state index contributed by atoms with van der Waals surface area (Å²) in [4.78, 5) is 0. The number of aromatic nitrogens is 3. The summed E-state index contributed by atoms with van der Waals surface area (Å²) in [7, 11) is 0. The van der Waals surface area contributed by atoms with Gasteiger partial charge < -0.3 is 14.9 Å². The van der Waals surface area contributed by atoms with Gasteiger partial charge in [-0.05, 0) is 30.2 Å². The Bertz CT molecular complexity index is 749. The average Bonchev–Trinajstić information content (AvgIpc) is 2.97. The molecule has 112 valence electrons. The van der Waals surface area contributed by atoms with Crippen LogP contribution < -0.4 is 4.74 Å². The van der Waals surface area contributed by atoms with Gasteiger partial charge in [-0.2, -0.15) is 0 Å². The van der Waals surface area contributed by atoms with Crippen LogP contribution in [0.5, 0.6) is 11.6 Å². The van der Waals surface area contributed by atoms with Crippen molar-refractivity contribution in [2.45, 2.75) is 13.2 Å². The highest BCUT2D eigenvalue weighted by Gasteiger charge is 2.16. The molecule has 1 aromatic heterocycles. The number of rotatable bonds is 4. The van der Waals surface area contributed by atoms with Crippen LogP contribution in [0.15, 0.2) is 48.5 Å². The Morgan fingerprint density at radius 1 is 0.955 bits per heavy atom. The minimum Gasteiger partial charge on any atom is -0.437 e. The predicted molar refractivity (Wildman–Crippen MR) is 80.3 cm³/mol. The van der Waals surface area contributed by atoms with Crippen LogP contribution in [0.4, 0.5) is 0 Å². The summed E-state index contributed by atoms with van der Waals surface area (Å²) in [6, 6.07) is 15.7. The summed E-state index contributed by atoms with van der Waals surface area (Å²) >= 11 is 0. The van der Waals surface area contributed by atoms with Gasteiger partial charge in [0.05, 0.1) is 0 Å². The maximum absolute atomic E-state index is 9.14. The molecular formula is C16H15N3O3. The Morgan fingerprint density at radius 3 is 2.14 bits per heavy atom. The minimum atomic E-state index is -1.74. The standard InChI is InChI=1S/C16H15N3O3/c1-10-2-4-11(5-3-10)12-6-8-13(9-7-12)22-15-14(16(20)21)17-19-18-15/h2-9,16,20-21H,1H3,(H,17,18,19). The Hall–Kier alpha value is -2.70. The van der Waals surface area contributed by atoms with E-state index in [1.54, 1.807) is 12.1 Å². The van der Waals surface area contributed by atoms with Crippen molar-refractivity contribution in [1.29, 1.82) is 0 Å². The lowest BCUT2D eigenvalue weighted by molar-refractivity contribution is -0.0470. The summed E-state index contributed by atoms with van der Waals surface area (Å²) in [5.74, 6) is 0.655. The summed E-state index contributed by atoms with van der Waals surface area (Å²) in [6.45, 7) is 2.05. The molecule has 1 heterocycles. The van der Waals surface area contributed by atoms with E-state index >= 15 is 0 Å². The van der Waals surface area contributed by atoms with Gasteiger partial charge in [0.25, 0.3) is 0 Å².